The Morgan fingerprint density at radius 3 is 1.61 bits per heavy atom. The van der Waals surface area contributed by atoms with Crippen molar-refractivity contribution in [3.8, 4) is 0 Å². The van der Waals surface area contributed by atoms with Crippen molar-refractivity contribution in [2.24, 2.45) is 0 Å². The predicted molar refractivity (Wildman–Crippen MR) is 114 cm³/mol. The number of carbonyl (C=O) groups excluding carboxylic acids is 1. The zero-order valence-electron chi connectivity index (χ0n) is 15.5. The van der Waals surface area contributed by atoms with Crippen molar-refractivity contribution in [1.82, 2.24) is 5.01 Å². The van der Waals surface area contributed by atoms with Crippen molar-refractivity contribution in [2.75, 3.05) is 19.1 Å². The van der Waals surface area contributed by atoms with Crippen molar-refractivity contribution in [1.29, 1.82) is 0 Å². The number of hydrogen-bond donors (Lipinski definition) is 1. The van der Waals surface area contributed by atoms with Gasteiger partial charge in [-0.05, 0) is 47.5 Å². The van der Waals surface area contributed by atoms with Crippen molar-refractivity contribution in [3.05, 3.63) is 100 Å². The molecular formula is C22H20Cl2N2O2. The number of anilines is 1. The molecule has 3 aromatic carbocycles. The fourth-order valence-corrected chi connectivity index (χ4v) is 3.30. The van der Waals surface area contributed by atoms with E-state index >= 15 is 0 Å². The molecule has 6 heteroatoms. The monoisotopic (exact) mass is 414 g/mol. The number of halogens is 2. The summed E-state index contributed by atoms with van der Waals surface area (Å²) < 4.78 is 0. The Balaban J connectivity index is 2.18. The van der Waals surface area contributed by atoms with Crippen LogP contribution in [0.25, 0.3) is 0 Å². The second-order valence-electron chi connectivity index (χ2n) is 6.52. The molecule has 0 radical (unpaired) electrons. The van der Waals surface area contributed by atoms with E-state index in [-0.39, 0.29) is 0 Å². The minimum absolute atomic E-state index is 0.409. The van der Waals surface area contributed by atoms with Gasteiger partial charge in [0, 0.05) is 24.1 Å². The molecule has 28 heavy (non-hydrogen) atoms. The molecule has 3 aromatic rings. The van der Waals surface area contributed by atoms with E-state index in [2.05, 4.69) is 0 Å². The minimum atomic E-state index is -1.94. The van der Waals surface area contributed by atoms with Crippen LogP contribution in [0, 0.1) is 0 Å². The second kappa shape index (κ2) is 8.33. The number of para-hydroxylation sites is 1. The molecule has 0 aliphatic carbocycles. The van der Waals surface area contributed by atoms with E-state index in [4.69, 9.17) is 23.2 Å². The SMILES string of the molecule is CN(C)N(C(=O)C(O)(c1ccc(Cl)cc1)c1ccc(Cl)cc1)c1ccccc1. The van der Waals surface area contributed by atoms with Crippen LogP contribution in [0.4, 0.5) is 5.69 Å². The van der Waals surface area contributed by atoms with Gasteiger partial charge in [-0.15, -0.1) is 0 Å². The third-order valence-electron chi connectivity index (χ3n) is 4.43. The first kappa shape index (κ1) is 20.4. The maximum atomic E-state index is 13.7. The van der Waals surface area contributed by atoms with Crippen molar-refractivity contribution in [3.63, 3.8) is 0 Å². The van der Waals surface area contributed by atoms with Crippen LogP contribution < -0.4 is 5.01 Å². The van der Waals surface area contributed by atoms with Gasteiger partial charge in [-0.1, -0.05) is 65.7 Å². The van der Waals surface area contributed by atoms with E-state index in [0.29, 0.717) is 26.9 Å². The maximum absolute atomic E-state index is 13.7. The van der Waals surface area contributed by atoms with Crippen LogP contribution >= 0.6 is 23.2 Å². The molecule has 0 saturated heterocycles. The highest BCUT2D eigenvalue weighted by Crippen LogP contribution is 2.35. The number of benzene rings is 3. The molecule has 4 nitrogen and oxygen atoms in total. The Morgan fingerprint density at radius 1 is 0.786 bits per heavy atom. The van der Waals surface area contributed by atoms with Crippen LogP contribution in [-0.2, 0) is 10.4 Å². The highest BCUT2D eigenvalue weighted by atomic mass is 35.5. The van der Waals surface area contributed by atoms with Crippen LogP contribution in [0.5, 0.6) is 0 Å². The Kier molecular flexibility index (Phi) is 6.06. The van der Waals surface area contributed by atoms with Crippen LogP contribution in [0.15, 0.2) is 78.9 Å². The molecule has 0 aromatic heterocycles. The Hall–Kier alpha value is -2.37. The van der Waals surface area contributed by atoms with Crippen LogP contribution in [-0.4, -0.2) is 30.1 Å². The average molecular weight is 415 g/mol. The molecule has 1 amide bonds. The Labute approximate surface area is 174 Å². The van der Waals surface area contributed by atoms with Gasteiger partial charge in [-0.25, -0.2) is 10.0 Å². The van der Waals surface area contributed by atoms with Crippen molar-refractivity contribution < 1.29 is 9.90 Å². The van der Waals surface area contributed by atoms with Gasteiger partial charge in [0.05, 0.1) is 5.69 Å². The largest absolute Gasteiger partial charge is 0.372 e. The summed E-state index contributed by atoms with van der Waals surface area (Å²) in [4.78, 5) is 13.7. The lowest BCUT2D eigenvalue weighted by Crippen LogP contribution is -2.53. The fraction of sp³-hybridized carbons (Fsp3) is 0.136. The molecule has 0 aliphatic rings. The van der Waals surface area contributed by atoms with Crippen LogP contribution in [0.3, 0.4) is 0 Å². The standard InChI is InChI=1S/C22H20Cl2N2O2/c1-25(2)26(20-6-4-3-5-7-20)21(27)22(28,16-8-12-18(23)13-9-16)17-10-14-19(24)15-11-17/h3-15,28H,1-2H3. The number of hydrazine groups is 1. The fourth-order valence-electron chi connectivity index (χ4n) is 3.05. The average Bonchev–Trinajstić information content (AvgIpc) is 2.69. The first-order valence-electron chi connectivity index (χ1n) is 8.65. The van der Waals surface area contributed by atoms with Gasteiger partial charge in [-0.2, -0.15) is 0 Å². The summed E-state index contributed by atoms with van der Waals surface area (Å²) in [7, 11) is 3.49. The maximum Gasteiger partial charge on any atom is 0.282 e. The summed E-state index contributed by atoms with van der Waals surface area (Å²) in [5.41, 5.74) is -0.479. The lowest BCUT2D eigenvalue weighted by molar-refractivity contribution is -0.136. The van der Waals surface area contributed by atoms with Gasteiger partial charge in [0.1, 0.15) is 0 Å². The lowest BCUT2D eigenvalue weighted by Gasteiger charge is -2.37. The lowest BCUT2D eigenvalue weighted by atomic mass is 9.85. The van der Waals surface area contributed by atoms with Crippen LogP contribution in [0.2, 0.25) is 10.0 Å². The molecule has 1 N–H and O–H groups in total. The zero-order chi connectivity index (χ0) is 20.3. The van der Waals surface area contributed by atoms with Gasteiger partial charge in [0.15, 0.2) is 5.60 Å². The molecule has 0 atom stereocenters. The topological polar surface area (TPSA) is 43.8 Å². The summed E-state index contributed by atoms with van der Waals surface area (Å²) in [5, 5.41) is 15.9. The Morgan fingerprint density at radius 2 is 1.21 bits per heavy atom. The number of nitrogens with zero attached hydrogens (tertiary/aromatic N) is 2. The number of amides is 1. The van der Waals surface area contributed by atoms with Crippen LogP contribution in [0.1, 0.15) is 11.1 Å². The molecular weight excluding hydrogens is 395 g/mol. The van der Waals surface area contributed by atoms with E-state index < -0.39 is 11.5 Å². The van der Waals surface area contributed by atoms with Gasteiger partial charge >= 0.3 is 0 Å². The molecule has 144 valence electrons. The number of hydrogen-bond acceptors (Lipinski definition) is 3. The summed E-state index contributed by atoms with van der Waals surface area (Å²) >= 11 is 12.0. The van der Waals surface area contributed by atoms with E-state index in [0.717, 1.165) is 0 Å². The van der Waals surface area contributed by atoms with E-state index in [9.17, 15) is 9.90 Å². The summed E-state index contributed by atoms with van der Waals surface area (Å²) in [6.45, 7) is 0. The first-order valence-corrected chi connectivity index (χ1v) is 9.41. The third kappa shape index (κ3) is 3.91. The minimum Gasteiger partial charge on any atom is -0.372 e. The number of carbonyl (C=O) groups is 1. The molecule has 0 spiro atoms. The Bertz CT molecular complexity index is 897. The van der Waals surface area contributed by atoms with Gasteiger partial charge in [0.2, 0.25) is 0 Å². The molecule has 3 rings (SSSR count). The number of aliphatic hydroxyl groups is 1. The molecule has 0 saturated carbocycles. The van der Waals surface area contributed by atoms with Crippen molar-refractivity contribution in [2.45, 2.75) is 5.60 Å². The van der Waals surface area contributed by atoms with Gasteiger partial charge in [0.25, 0.3) is 5.91 Å². The van der Waals surface area contributed by atoms with E-state index in [1.165, 1.54) is 5.01 Å². The van der Waals surface area contributed by atoms with E-state index in [1.54, 1.807) is 67.6 Å². The molecule has 0 unspecified atom stereocenters. The highest BCUT2D eigenvalue weighted by Gasteiger charge is 2.44. The predicted octanol–water partition coefficient (Wildman–Crippen LogP) is 4.74. The summed E-state index contributed by atoms with van der Waals surface area (Å²) in [6, 6.07) is 22.3. The summed E-state index contributed by atoms with van der Waals surface area (Å²) in [6.07, 6.45) is 0. The normalized spacial score (nSPS) is 11.5. The molecule has 0 fully saturated rings. The zero-order valence-corrected chi connectivity index (χ0v) is 17.0. The van der Waals surface area contributed by atoms with Gasteiger partial charge in [-0.3, -0.25) is 4.79 Å². The quantitative estimate of drug-likeness (QED) is 0.613. The highest BCUT2D eigenvalue weighted by molar-refractivity contribution is 6.30. The number of rotatable bonds is 5. The molecule has 0 aliphatic heterocycles. The smallest absolute Gasteiger partial charge is 0.282 e. The summed E-state index contributed by atoms with van der Waals surface area (Å²) in [5.74, 6) is -0.520. The molecule has 0 bridgehead atoms. The van der Waals surface area contributed by atoms with Crippen molar-refractivity contribution >= 4 is 34.8 Å². The molecule has 0 heterocycles. The second-order valence-corrected chi connectivity index (χ2v) is 7.40. The third-order valence-corrected chi connectivity index (χ3v) is 4.93. The first-order chi connectivity index (χ1) is 13.3. The van der Waals surface area contributed by atoms with E-state index in [1.807, 2.05) is 30.3 Å². The van der Waals surface area contributed by atoms with Gasteiger partial charge < -0.3 is 5.11 Å².